The molecular formula is C8H12F5O3PS. The Morgan fingerprint density at radius 2 is 1.67 bits per heavy atom. The quantitative estimate of drug-likeness (QED) is 0.340. The molecule has 0 saturated heterocycles. The summed E-state index contributed by atoms with van der Waals surface area (Å²) in [5.41, 5.74) is 0. The van der Waals surface area contributed by atoms with Crippen LogP contribution in [0.25, 0.3) is 0 Å². The number of halogens is 5. The van der Waals surface area contributed by atoms with Gasteiger partial charge in [0.2, 0.25) is 5.92 Å². The molecule has 0 spiro atoms. The number of hydrogen-bond donors (Lipinski definition) is 0. The molecule has 3 atom stereocenters. The molecule has 1 rings (SSSR count). The van der Waals surface area contributed by atoms with Gasteiger partial charge in [-0.25, -0.2) is 22.0 Å². The minimum absolute atomic E-state index is 0.567. The first-order valence-electron chi connectivity index (χ1n) is 4.89. The highest BCUT2D eigenvalue weighted by molar-refractivity contribution is 7.87. The highest BCUT2D eigenvalue weighted by Crippen LogP contribution is 2.52. The lowest BCUT2D eigenvalue weighted by molar-refractivity contribution is -0.0953. The van der Waals surface area contributed by atoms with Gasteiger partial charge in [0.15, 0.2) is 10.7 Å². The highest BCUT2D eigenvalue weighted by atomic mass is 32.2. The van der Waals surface area contributed by atoms with Crippen molar-refractivity contribution in [2.24, 2.45) is 0 Å². The van der Waals surface area contributed by atoms with Crippen molar-refractivity contribution in [2.45, 2.75) is 41.8 Å². The summed E-state index contributed by atoms with van der Waals surface area (Å²) in [6, 6.07) is 0. The standard InChI is InChI=1S/C8H12F5O3PS/c1-16-18(14,15)5-4-6(9,10)2-3-7(11,17)8(5,12)13/h5H,2-4,17H2,1H3. The van der Waals surface area contributed by atoms with Crippen LogP contribution in [0.4, 0.5) is 22.0 Å². The summed E-state index contributed by atoms with van der Waals surface area (Å²) < 4.78 is 94.1. The summed E-state index contributed by atoms with van der Waals surface area (Å²) in [6.45, 7) is 0. The van der Waals surface area contributed by atoms with Gasteiger partial charge in [-0.15, -0.1) is 0 Å². The second-order valence-corrected chi connectivity index (χ2v) is 7.00. The Morgan fingerprint density at radius 3 is 2.11 bits per heavy atom. The van der Waals surface area contributed by atoms with E-state index in [1.165, 1.54) is 0 Å². The fraction of sp³-hybridized carbons (Fsp3) is 1.00. The number of hydrogen-bond acceptors (Lipinski definition) is 3. The molecule has 0 aromatic rings. The molecule has 0 aliphatic heterocycles. The van der Waals surface area contributed by atoms with E-state index in [4.69, 9.17) is 0 Å². The van der Waals surface area contributed by atoms with E-state index in [0.717, 1.165) is 9.24 Å². The van der Waals surface area contributed by atoms with Crippen LogP contribution in [0.1, 0.15) is 19.3 Å². The van der Waals surface area contributed by atoms with E-state index < -0.39 is 51.9 Å². The molecule has 18 heavy (non-hydrogen) atoms. The van der Waals surface area contributed by atoms with Crippen LogP contribution in [0, 0.1) is 0 Å². The van der Waals surface area contributed by atoms with Gasteiger partial charge >= 0.3 is 5.92 Å². The molecule has 0 radical (unpaired) electrons. The molecule has 0 heterocycles. The van der Waals surface area contributed by atoms with Gasteiger partial charge in [-0.3, -0.25) is 4.18 Å². The van der Waals surface area contributed by atoms with E-state index >= 15 is 0 Å². The van der Waals surface area contributed by atoms with E-state index in [2.05, 4.69) is 4.18 Å². The molecule has 1 aliphatic rings. The highest BCUT2D eigenvalue weighted by Gasteiger charge is 2.65. The lowest BCUT2D eigenvalue weighted by Gasteiger charge is -2.32. The first kappa shape index (κ1) is 16.0. The lowest BCUT2D eigenvalue weighted by Crippen LogP contribution is -2.51. The molecule has 108 valence electrons. The van der Waals surface area contributed by atoms with Crippen molar-refractivity contribution < 1.29 is 34.6 Å². The van der Waals surface area contributed by atoms with E-state index in [1.807, 2.05) is 0 Å². The second-order valence-electron chi connectivity index (χ2n) is 4.19. The monoisotopic (exact) mass is 314 g/mol. The predicted octanol–water partition coefficient (Wildman–Crippen LogP) is 2.33. The Hall–Kier alpha value is -0.0100. The van der Waals surface area contributed by atoms with E-state index in [9.17, 15) is 30.4 Å². The van der Waals surface area contributed by atoms with Crippen LogP contribution in [0.15, 0.2) is 0 Å². The average molecular weight is 314 g/mol. The molecule has 0 bridgehead atoms. The first-order valence-corrected chi connectivity index (χ1v) is 6.93. The van der Waals surface area contributed by atoms with Crippen LogP contribution in [0.5, 0.6) is 0 Å². The van der Waals surface area contributed by atoms with Gasteiger partial charge in [0.25, 0.3) is 10.1 Å². The molecule has 1 saturated carbocycles. The van der Waals surface area contributed by atoms with Crippen molar-refractivity contribution in [3.8, 4) is 0 Å². The van der Waals surface area contributed by atoms with Crippen LogP contribution in [-0.4, -0.2) is 38.0 Å². The maximum atomic E-state index is 13.7. The predicted molar refractivity (Wildman–Crippen MR) is 57.0 cm³/mol. The van der Waals surface area contributed by atoms with Gasteiger partial charge in [-0.2, -0.15) is 8.42 Å². The fourth-order valence-electron chi connectivity index (χ4n) is 1.70. The van der Waals surface area contributed by atoms with E-state index in [0.29, 0.717) is 7.11 Å². The van der Waals surface area contributed by atoms with Crippen molar-refractivity contribution in [1.29, 1.82) is 0 Å². The summed E-state index contributed by atoms with van der Waals surface area (Å²) in [4.78, 5) is 0. The zero-order chi connectivity index (χ0) is 14.4. The average Bonchev–Trinajstić information content (AvgIpc) is 2.28. The summed E-state index contributed by atoms with van der Waals surface area (Å²) in [5, 5.41) is -6.33. The van der Waals surface area contributed by atoms with Crippen molar-refractivity contribution in [2.75, 3.05) is 7.11 Å². The van der Waals surface area contributed by atoms with Crippen LogP contribution >= 0.6 is 9.24 Å². The summed E-state index contributed by atoms with van der Waals surface area (Å²) in [5.74, 6) is -8.17. The molecule has 3 nitrogen and oxygen atoms in total. The van der Waals surface area contributed by atoms with Gasteiger partial charge in [0.05, 0.1) is 7.11 Å². The number of alkyl halides is 5. The summed E-state index contributed by atoms with van der Waals surface area (Å²) >= 11 is 0. The third-order valence-corrected chi connectivity index (χ3v) is 5.18. The molecule has 0 aromatic carbocycles. The van der Waals surface area contributed by atoms with E-state index in [1.54, 1.807) is 0 Å². The van der Waals surface area contributed by atoms with Crippen molar-refractivity contribution in [1.82, 2.24) is 0 Å². The zero-order valence-electron chi connectivity index (χ0n) is 9.30. The molecule has 10 heteroatoms. The van der Waals surface area contributed by atoms with Crippen LogP contribution < -0.4 is 0 Å². The topological polar surface area (TPSA) is 43.4 Å². The fourth-order valence-corrected chi connectivity index (χ4v) is 3.41. The van der Waals surface area contributed by atoms with Gasteiger partial charge < -0.3 is 0 Å². The summed E-state index contributed by atoms with van der Waals surface area (Å²) in [7, 11) is -3.28. The maximum Gasteiger partial charge on any atom is 0.303 e. The van der Waals surface area contributed by atoms with Crippen molar-refractivity contribution in [3.05, 3.63) is 0 Å². The maximum absolute atomic E-state index is 13.7. The van der Waals surface area contributed by atoms with Gasteiger partial charge in [-0.1, -0.05) is 9.24 Å². The van der Waals surface area contributed by atoms with Gasteiger partial charge in [0.1, 0.15) is 0 Å². The molecule has 1 fully saturated rings. The number of rotatable bonds is 2. The molecule has 1 aliphatic carbocycles. The largest absolute Gasteiger partial charge is 0.303 e. The Labute approximate surface area is 103 Å². The van der Waals surface area contributed by atoms with Gasteiger partial charge in [0, 0.05) is 12.8 Å². The summed E-state index contributed by atoms with van der Waals surface area (Å²) in [6.07, 6.45) is -3.98. The third kappa shape index (κ3) is 2.77. The molecule has 0 amide bonds. The second kappa shape index (κ2) is 4.52. The van der Waals surface area contributed by atoms with Crippen molar-refractivity contribution >= 4 is 19.4 Å². The Kier molecular flexibility index (Phi) is 4.03. The Morgan fingerprint density at radius 1 is 1.17 bits per heavy atom. The van der Waals surface area contributed by atoms with E-state index in [-0.39, 0.29) is 0 Å². The first-order chi connectivity index (χ1) is 7.86. The molecular weight excluding hydrogens is 302 g/mol. The molecule has 0 aromatic heterocycles. The van der Waals surface area contributed by atoms with Crippen molar-refractivity contribution in [3.63, 3.8) is 0 Å². The minimum Gasteiger partial charge on any atom is -0.273 e. The third-order valence-electron chi connectivity index (χ3n) is 2.88. The Balaban J connectivity index is 3.34. The van der Waals surface area contributed by atoms with Gasteiger partial charge in [-0.05, 0) is 6.42 Å². The zero-order valence-corrected chi connectivity index (χ0v) is 11.3. The SMILES string of the molecule is COS(=O)(=O)C1CC(F)(F)CCC(F)(P)C1(F)F. The smallest absolute Gasteiger partial charge is 0.273 e. The van der Waals surface area contributed by atoms with Crippen LogP contribution in [0.3, 0.4) is 0 Å². The molecule has 0 N–H and O–H groups in total. The van der Waals surface area contributed by atoms with Crippen LogP contribution in [0.2, 0.25) is 0 Å². The lowest BCUT2D eigenvalue weighted by atomic mass is 10.1. The minimum atomic E-state index is -4.98. The Bertz CT molecular complexity index is 422. The normalized spacial score (nSPS) is 36.1. The molecule has 3 unspecified atom stereocenters. The van der Waals surface area contributed by atoms with Crippen LogP contribution in [-0.2, 0) is 14.3 Å².